The average Bonchev–Trinajstić information content (AvgIpc) is 3.25. The van der Waals surface area contributed by atoms with E-state index in [-0.39, 0.29) is 11.3 Å². The fourth-order valence-corrected chi connectivity index (χ4v) is 4.44. The molecule has 1 aliphatic rings. The molecule has 32 heavy (non-hydrogen) atoms. The SMILES string of the molecule is OCC1O[C@H](Sc2ccc(F)cc2)[C@@H](O)C(n2cc(-c3cc(F)c(F)c(F)c3)nn2)[C@H]1O. The first-order valence-corrected chi connectivity index (χ1v) is 10.3. The minimum absolute atomic E-state index is 0.0306. The Labute approximate surface area is 183 Å². The van der Waals surface area contributed by atoms with E-state index in [0.29, 0.717) is 4.90 Å². The second-order valence-electron chi connectivity index (χ2n) is 7.11. The molecule has 1 fully saturated rings. The number of hydrogen-bond acceptors (Lipinski definition) is 7. The van der Waals surface area contributed by atoms with Gasteiger partial charge in [-0.25, -0.2) is 22.2 Å². The van der Waals surface area contributed by atoms with Gasteiger partial charge in [0.05, 0.1) is 12.8 Å². The van der Waals surface area contributed by atoms with E-state index in [4.69, 9.17) is 4.74 Å². The lowest BCUT2D eigenvalue weighted by atomic mass is 9.97. The number of thioether (sulfide) groups is 1. The second-order valence-corrected chi connectivity index (χ2v) is 8.28. The van der Waals surface area contributed by atoms with Crippen LogP contribution in [0.5, 0.6) is 0 Å². The Morgan fingerprint density at radius 2 is 1.66 bits per heavy atom. The highest BCUT2D eigenvalue weighted by Crippen LogP contribution is 2.38. The van der Waals surface area contributed by atoms with Gasteiger partial charge in [0.2, 0.25) is 0 Å². The average molecular weight is 471 g/mol. The lowest BCUT2D eigenvalue weighted by Gasteiger charge is -2.41. The maximum absolute atomic E-state index is 13.6. The maximum Gasteiger partial charge on any atom is 0.194 e. The van der Waals surface area contributed by atoms with Gasteiger partial charge in [0, 0.05) is 10.5 Å². The zero-order valence-electron chi connectivity index (χ0n) is 16.1. The topological polar surface area (TPSA) is 101 Å². The number of halogens is 4. The van der Waals surface area contributed by atoms with Crippen LogP contribution in [0.15, 0.2) is 47.5 Å². The molecule has 0 aliphatic carbocycles. The van der Waals surface area contributed by atoms with Crippen molar-refractivity contribution in [1.29, 1.82) is 0 Å². The molecule has 0 saturated carbocycles. The van der Waals surface area contributed by atoms with Crippen molar-refractivity contribution in [3.63, 3.8) is 0 Å². The molecule has 2 unspecified atom stereocenters. The minimum atomic E-state index is -1.62. The highest BCUT2D eigenvalue weighted by atomic mass is 32.2. The molecule has 1 saturated heterocycles. The Hall–Kier alpha value is -2.51. The van der Waals surface area contributed by atoms with Gasteiger partial charge in [-0.3, -0.25) is 0 Å². The van der Waals surface area contributed by atoms with Crippen LogP contribution >= 0.6 is 11.8 Å². The van der Waals surface area contributed by atoms with Gasteiger partial charge in [-0.1, -0.05) is 17.0 Å². The van der Waals surface area contributed by atoms with Gasteiger partial charge in [0.25, 0.3) is 0 Å². The zero-order valence-corrected chi connectivity index (χ0v) is 17.0. The van der Waals surface area contributed by atoms with Gasteiger partial charge < -0.3 is 20.1 Å². The van der Waals surface area contributed by atoms with Crippen molar-refractivity contribution in [2.75, 3.05) is 6.61 Å². The van der Waals surface area contributed by atoms with Gasteiger partial charge in [-0.15, -0.1) is 5.10 Å². The van der Waals surface area contributed by atoms with E-state index >= 15 is 0 Å². The molecule has 3 N–H and O–H groups in total. The fourth-order valence-electron chi connectivity index (χ4n) is 3.38. The summed E-state index contributed by atoms with van der Waals surface area (Å²) in [5.41, 5.74) is -1.10. The molecule has 5 atom stereocenters. The third kappa shape index (κ3) is 4.36. The summed E-state index contributed by atoms with van der Waals surface area (Å²) in [6, 6.07) is 5.77. The first-order chi connectivity index (χ1) is 15.3. The van der Waals surface area contributed by atoms with Crippen molar-refractivity contribution < 1.29 is 37.6 Å². The second kappa shape index (κ2) is 9.16. The summed E-state index contributed by atoms with van der Waals surface area (Å²) in [6.07, 6.45) is -2.63. The summed E-state index contributed by atoms with van der Waals surface area (Å²) in [5, 5.41) is 38.7. The predicted octanol–water partition coefficient (Wildman–Crippen LogP) is 2.27. The lowest BCUT2D eigenvalue weighted by molar-refractivity contribution is -0.178. The van der Waals surface area contributed by atoms with Crippen LogP contribution in [0, 0.1) is 23.3 Å². The van der Waals surface area contributed by atoms with Crippen molar-refractivity contribution in [2.24, 2.45) is 0 Å². The largest absolute Gasteiger partial charge is 0.394 e. The van der Waals surface area contributed by atoms with E-state index in [1.54, 1.807) is 0 Å². The van der Waals surface area contributed by atoms with Crippen molar-refractivity contribution in [3.05, 3.63) is 65.9 Å². The van der Waals surface area contributed by atoms with E-state index in [9.17, 15) is 32.9 Å². The number of benzene rings is 2. The molecule has 4 rings (SSSR count). The van der Waals surface area contributed by atoms with Crippen molar-refractivity contribution in [2.45, 2.75) is 34.7 Å². The van der Waals surface area contributed by atoms with Crippen LogP contribution in [0.3, 0.4) is 0 Å². The lowest BCUT2D eigenvalue weighted by Crippen LogP contribution is -2.55. The molecule has 170 valence electrons. The monoisotopic (exact) mass is 471 g/mol. The van der Waals surface area contributed by atoms with E-state index in [1.807, 2.05) is 0 Å². The fraction of sp³-hybridized carbons (Fsp3) is 0.300. The first-order valence-electron chi connectivity index (χ1n) is 9.40. The summed E-state index contributed by atoms with van der Waals surface area (Å²) in [6.45, 7) is -0.569. The molecule has 0 amide bonds. The van der Waals surface area contributed by atoms with E-state index in [1.165, 1.54) is 30.5 Å². The molecule has 2 heterocycles. The highest BCUT2D eigenvalue weighted by molar-refractivity contribution is 7.99. The standard InChI is InChI=1S/C20H17F4N3O4S/c21-10-1-3-11(4-2-10)32-20-19(30)17(18(29)15(8-28)31-20)27-7-14(25-26-27)9-5-12(22)16(24)13(23)6-9/h1-7,15,17-20,28-30H,8H2/t15?,17?,18-,19-,20+/m0/s1. The van der Waals surface area contributed by atoms with E-state index < -0.39 is 59.7 Å². The number of rotatable bonds is 5. The smallest absolute Gasteiger partial charge is 0.194 e. The van der Waals surface area contributed by atoms with Crippen molar-refractivity contribution >= 4 is 11.8 Å². The number of hydrogen-bond donors (Lipinski definition) is 3. The first kappa shape index (κ1) is 22.7. The van der Waals surface area contributed by atoms with E-state index in [2.05, 4.69) is 10.3 Å². The summed E-state index contributed by atoms with van der Waals surface area (Å²) < 4.78 is 60.2. The molecule has 3 aromatic rings. The van der Waals surface area contributed by atoms with Crippen LogP contribution in [-0.2, 0) is 4.74 Å². The van der Waals surface area contributed by atoms with Gasteiger partial charge >= 0.3 is 0 Å². The Morgan fingerprint density at radius 3 is 2.28 bits per heavy atom. The molecule has 2 aromatic carbocycles. The Bertz CT molecular complexity index is 1080. The molecule has 0 radical (unpaired) electrons. The third-order valence-electron chi connectivity index (χ3n) is 5.01. The summed E-state index contributed by atoms with van der Waals surface area (Å²) in [5.74, 6) is -4.87. The molecular formula is C20H17F4N3O4S. The number of aromatic nitrogens is 3. The molecule has 1 aliphatic heterocycles. The van der Waals surface area contributed by atoms with E-state index in [0.717, 1.165) is 28.6 Å². The highest BCUT2D eigenvalue weighted by Gasteiger charge is 2.46. The minimum Gasteiger partial charge on any atom is -0.394 e. The van der Waals surface area contributed by atoms with Crippen LogP contribution in [-0.4, -0.2) is 60.7 Å². The van der Waals surface area contributed by atoms with Crippen LogP contribution in [0.4, 0.5) is 17.6 Å². The number of ether oxygens (including phenoxy) is 1. The predicted molar refractivity (Wildman–Crippen MR) is 104 cm³/mol. The normalized spacial score (nSPS) is 25.8. The number of aliphatic hydroxyl groups excluding tert-OH is 3. The van der Waals surface area contributed by atoms with Crippen LogP contribution in [0.25, 0.3) is 11.3 Å². The molecular weight excluding hydrogens is 454 g/mol. The van der Waals surface area contributed by atoms with Gasteiger partial charge in [0.1, 0.15) is 41.3 Å². The summed E-state index contributed by atoms with van der Waals surface area (Å²) in [7, 11) is 0. The summed E-state index contributed by atoms with van der Waals surface area (Å²) in [4.78, 5) is 0.568. The Balaban J connectivity index is 1.63. The van der Waals surface area contributed by atoms with Crippen LogP contribution in [0.2, 0.25) is 0 Å². The van der Waals surface area contributed by atoms with Gasteiger partial charge in [0.15, 0.2) is 17.5 Å². The van der Waals surface area contributed by atoms with Crippen molar-refractivity contribution in [1.82, 2.24) is 15.0 Å². The van der Waals surface area contributed by atoms with Gasteiger partial charge in [-0.2, -0.15) is 0 Å². The maximum atomic E-state index is 13.6. The van der Waals surface area contributed by atoms with Crippen LogP contribution < -0.4 is 0 Å². The zero-order chi connectivity index (χ0) is 23.0. The molecule has 0 bridgehead atoms. The van der Waals surface area contributed by atoms with Crippen molar-refractivity contribution in [3.8, 4) is 11.3 Å². The van der Waals surface area contributed by atoms with Gasteiger partial charge in [-0.05, 0) is 36.4 Å². The molecule has 12 heteroatoms. The number of nitrogens with zero attached hydrogens (tertiary/aromatic N) is 3. The quantitative estimate of drug-likeness (QED) is 0.388. The molecule has 0 spiro atoms. The Morgan fingerprint density at radius 1 is 1.00 bits per heavy atom. The molecule has 7 nitrogen and oxygen atoms in total. The van der Waals surface area contributed by atoms with Crippen LogP contribution in [0.1, 0.15) is 6.04 Å². The number of aliphatic hydroxyl groups is 3. The summed E-state index contributed by atoms with van der Waals surface area (Å²) >= 11 is 1.05. The Kier molecular flexibility index (Phi) is 6.49. The third-order valence-corrected chi connectivity index (χ3v) is 6.18. The molecule has 1 aromatic heterocycles.